The molecule has 1 aromatic heterocycles. The van der Waals surface area contributed by atoms with Crippen LogP contribution in [0.2, 0.25) is 0 Å². The summed E-state index contributed by atoms with van der Waals surface area (Å²) in [5.41, 5.74) is 3.12. The number of fused-ring (bicyclic) bond motifs is 1. The maximum absolute atomic E-state index is 12.6. The highest BCUT2D eigenvalue weighted by Crippen LogP contribution is 2.36. The summed E-state index contributed by atoms with van der Waals surface area (Å²) in [7, 11) is 0. The van der Waals surface area contributed by atoms with Crippen molar-refractivity contribution in [3.63, 3.8) is 0 Å². The van der Waals surface area contributed by atoms with Crippen molar-refractivity contribution in [3.8, 4) is 6.07 Å². The van der Waals surface area contributed by atoms with Gasteiger partial charge in [0, 0.05) is 36.7 Å². The minimum Gasteiger partial charge on any atom is -0.369 e. The number of hydrogen-bond acceptors (Lipinski definition) is 5. The SMILES string of the molecule is N#Cc1c(NC(=O)CN2CCN(c3ccccc3)CC2)sc2c1CCCCC2. The molecule has 6 heteroatoms. The second kappa shape index (κ2) is 8.76. The van der Waals surface area contributed by atoms with Crippen molar-refractivity contribution in [1.29, 1.82) is 5.26 Å². The van der Waals surface area contributed by atoms with Crippen LogP contribution in [0, 0.1) is 11.3 Å². The van der Waals surface area contributed by atoms with Crippen LogP contribution < -0.4 is 10.2 Å². The number of para-hydroxylation sites is 1. The third-order valence-electron chi connectivity index (χ3n) is 5.65. The number of anilines is 2. The largest absolute Gasteiger partial charge is 0.369 e. The van der Waals surface area contributed by atoms with E-state index in [9.17, 15) is 10.1 Å². The zero-order chi connectivity index (χ0) is 19.3. The van der Waals surface area contributed by atoms with Crippen LogP contribution in [0.4, 0.5) is 10.7 Å². The number of thiophene rings is 1. The summed E-state index contributed by atoms with van der Waals surface area (Å²) in [6.45, 7) is 3.97. The average molecular weight is 395 g/mol. The number of nitrogens with zero attached hydrogens (tertiary/aromatic N) is 3. The Labute approximate surface area is 170 Å². The number of carbonyl (C=O) groups is 1. The molecule has 1 N–H and O–H groups in total. The predicted octanol–water partition coefficient (Wildman–Crippen LogP) is 3.65. The molecule has 5 nitrogen and oxygen atoms in total. The third-order valence-corrected chi connectivity index (χ3v) is 6.85. The van der Waals surface area contributed by atoms with Gasteiger partial charge >= 0.3 is 0 Å². The Morgan fingerprint density at radius 1 is 1.07 bits per heavy atom. The molecule has 0 saturated carbocycles. The van der Waals surface area contributed by atoms with Gasteiger partial charge in [-0.05, 0) is 43.4 Å². The van der Waals surface area contributed by atoms with E-state index in [1.54, 1.807) is 11.3 Å². The lowest BCUT2D eigenvalue weighted by Crippen LogP contribution is -2.48. The summed E-state index contributed by atoms with van der Waals surface area (Å²) in [5, 5.41) is 13.4. The average Bonchev–Trinajstić information content (AvgIpc) is 2.88. The number of carbonyl (C=O) groups excluding carboxylic acids is 1. The molecule has 0 bridgehead atoms. The number of rotatable bonds is 4. The Bertz CT molecular complexity index is 863. The van der Waals surface area contributed by atoms with Gasteiger partial charge in [-0.25, -0.2) is 0 Å². The highest BCUT2D eigenvalue weighted by atomic mass is 32.1. The normalized spacial score (nSPS) is 17.5. The molecule has 0 atom stereocenters. The molecule has 2 aliphatic rings. The maximum Gasteiger partial charge on any atom is 0.239 e. The molecular weight excluding hydrogens is 368 g/mol. The van der Waals surface area contributed by atoms with E-state index >= 15 is 0 Å². The molecule has 1 aliphatic heterocycles. The zero-order valence-electron chi connectivity index (χ0n) is 16.1. The van der Waals surface area contributed by atoms with Gasteiger partial charge in [-0.1, -0.05) is 24.6 Å². The first-order valence-electron chi connectivity index (χ1n) is 10.1. The van der Waals surface area contributed by atoms with Crippen LogP contribution in [-0.2, 0) is 17.6 Å². The number of amides is 1. The summed E-state index contributed by atoms with van der Waals surface area (Å²) in [4.78, 5) is 18.5. The van der Waals surface area contributed by atoms with Crippen molar-refractivity contribution >= 4 is 27.9 Å². The topological polar surface area (TPSA) is 59.4 Å². The first kappa shape index (κ1) is 19.0. The second-order valence-corrected chi connectivity index (χ2v) is 8.63. The van der Waals surface area contributed by atoms with Crippen LogP contribution in [0.5, 0.6) is 0 Å². The van der Waals surface area contributed by atoms with Gasteiger partial charge < -0.3 is 10.2 Å². The van der Waals surface area contributed by atoms with Crippen molar-refractivity contribution in [3.05, 3.63) is 46.3 Å². The second-order valence-electron chi connectivity index (χ2n) is 7.53. The summed E-state index contributed by atoms with van der Waals surface area (Å²) in [5.74, 6) is -0.0129. The standard InChI is InChI=1S/C22H26N4OS/c23-15-19-18-9-5-2-6-10-20(18)28-22(19)24-21(27)16-25-11-13-26(14-12-25)17-7-3-1-4-8-17/h1,3-4,7-8H,2,5-6,9-14,16H2,(H,24,27). The lowest BCUT2D eigenvalue weighted by atomic mass is 10.1. The molecule has 1 aromatic carbocycles. The smallest absolute Gasteiger partial charge is 0.239 e. The van der Waals surface area contributed by atoms with Crippen LogP contribution in [0.25, 0.3) is 0 Å². The Hall–Kier alpha value is -2.36. The van der Waals surface area contributed by atoms with E-state index in [0.717, 1.165) is 50.4 Å². The van der Waals surface area contributed by atoms with Crippen molar-refractivity contribution < 1.29 is 4.79 Å². The summed E-state index contributed by atoms with van der Waals surface area (Å²) >= 11 is 1.61. The summed E-state index contributed by atoms with van der Waals surface area (Å²) in [6, 6.07) is 12.8. The van der Waals surface area contributed by atoms with Crippen LogP contribution >= 0.6 is 11.3 Å². The number of piperazine rings is 1. The fraction of sp³-hybridized carbons (Fsp3) is 0.455. The van der Waals surface area contributed by atoms with Crippen molar-refractivity contribution in [2.45, 2.75) is 32.1 Å². The van der Waals surface area contributed by atoms with Crippen LogP contribution in [0.15, 0.2) is 30.3 Å². The van der Waals surface area contributed by atoms with E-state index in [2.05, 4.69) is 45.5 Å². The Morgan fingerprint density at radius 2 is 1.82 bits per heavy atom. The highest BCUT2D eigenvalue weighted by molar-refractivity contribution is 7.16. The minimum atomic E-state index is -0.0129. The van der Waals surface area contributed by atoms with Gasteiger partial charge in [0.15, 0.2) is 0 Å². The molecule has 1 saturated heterocycles. The molecule has 1 fully saturated rings. The van der Waals surface area contributed by atoms with Gasteiger partial charge in [-0.15, -0.1) is 11.3 Å². The van der Waals surface area contributed by atoms with E-state index in [1.165, 1.54) is 29.0 Å². The van der Waals surface area contributed by atoms with Crippen molar-refractivity contribution in [2.24, 2.45) is 0 Å². The van der Waals surface area contributed by atoms with Gasteiger partial charge in [0.1, 0.15) is 11.1 Å². The lowest BCUT2D eigenvalue weighted by Gasteiger charge is -2.35. The van der Waals surface area contributed by atoms with E-state index in [4.69, 9.17) is 0 Å². The van der Waals surface area contributed by atoms with E-state index in [1.807, 2.05) is 6.07 Å². The molecule has 4 rings (SSSR count). The molecular formula is C22H26N4OS. The lowest BCUT2D eigenvalue weighted by molar-refractivity contribution is -0.117. The van der Waals surface area contributed by atoms with Gasteiger partial charge in [0.2, 0.25) is 5.91 Å². The van der Waals surface area contributed by atoms with Gasteiger partial charge in [0.25, 0.3) is 0 Å². The van der Waals surface area contributed by atoms with Gasteiger partial charge in [0.05, 0.1) is 12.1 Å². The number of benzene rings is 1. The molecule has 1 aliphatic carbocycles. The first-order valence-corrected chi connectivity index (χ1v) is 10.9. The molecule has 2 heterocycles. The predicted molar refractivity (Wildman–Crippen MR) is 114 cm³/mol. The molecule has 2 aromatic rings. The Morgan fingerprint density at radius 3 is 2.57 bits per heavy atom. The van der Waals surface area contributed by atoms with E-state index in [-0.39, 0.29) is 5.91 Å². The molecule has 0 unspecified atom stereocenters. The van der Waals surface area contributed by atoms with Crippen LogP contribution in [0.3, 0.4) is 0 Å². The Balaban J connectivity index is 1.34. The van der Waals surface area contributed by atoms with E-state index in [0.29, 0.717) is 12.1 Å². The quantitative estimate of drug-likeness (QED) is 0.804. The molecule has 28 heavy (non-hydrogen) atoms. The van der Waals surface area contributed by atoms with Crippen LogP contribution in [0.1, 0.15) is 35.3 Å². The van der Waals surface area contributed by atoms with E-state index < -0.39 is 0 Å². The minimum absolute atomic E-state index is 0.0129. The summed E-state index contributed by atoms with van der Waals surface area (Å²) in [6.07, 6.45) is 5.54. The Kier molecular flexibility index (Phi) is 5.94. The first-order chi connectivity index (χ1) is 13.7. The number of aryl methyl sites for hydroxylation is 1. The molecule has 0 radical (unpaired) electrons. The van der Waals surface area contributed by atoms with Crippen molar-refractivity contribution in [2.75, 3.05) is 42.9 Å². The molecule has 146 valence electrons. The third kappa shape index (κ3) is 4.21. The zero-order valence-corrected chi connectivity index (χ0v) is 16.9. The van der Waals surface area contributed by atoms with Gasteiger partial charge in [-0.3, -0.25) is 9.69 Å². The van der Waals surface area contributed by atoms with Gasteiger partial charge in [-0.2, -0.15) is 5.26 Å². The van der Waals surface area contributed by atoms with Crippen molar-refractivity contribution in [1.82, 2.24) is 4.90 Å². The molecule has 0 spiro atoms. The number of nitriles is 1. The highest BCUT2D eigenvalue weighted by Gasteiger charge is 2.23. The van der Waals surface area contributed by atoms with Crippen LogP contribution in [-0.4, -0.2) is 43.5 Å². The monoisotopic (exact) mass is 394 g/mol. The number of nitrogens with one attached hydrogen (secondary N) is 1. The summed E-state index contributed by atoms with van der Waals surface area (Å²) < 4.78 is 0. The maximum atomic E-state index is 12.6. The number of hydrogen-bond donors (Lipinski definition) is 1. The molecule has 1 amide bonds. The fourth-order valence-corrected chi connectivity index (χ4v) is 5.38. The fourth-order valence-electron chi connectivity index (χ4n) is 4.12.